The number of thiazole rings is 1. The van der Waals surface area contributed by atoms with Gasteiger partial charge in [0.2, 0.25) is 0 Å². The number of anilines is 1. The molecule has 2 heterocycles. The maximum Gasteiger partial charge on any atom is 0.184 e. The molecule has 3 nitrogen and oxygen atoms in total. The van der Waals surface area contributed by atoms with E-state index in [9.17, 15) is 4.39 Å². The highest BCUT2D eigenvalue weighted by Crippen LogP contribution is 2.28. The first-order chi connectivity index (χ1) is 9.22. The van der Waals surface area contributed by atoms with Crippen molar-refractivity contribution in [2.45, 2.75) is 13.0 Å². The summed E-state index contributed by atoms with van der Waals surface area (Å²) >= 11 is 1.44. The van der Waals surface area contributed by atoms with Crippen LogP contribution in [0.4, 0.5) is 9.52 Å². The van der Waals surface area contributed by atoms with Crippen LogP contribution in [0.25, 0.3) is 10.2 Å². The maximum atomic E-state index is 13.1. The monoisotopic (exact) mass is 273 g/mol. The number of halogens is 1. The Labute approximate surface area is 114 Å². The van der Waals surface area contributed by atoms with Crippen molar-refractivity contribution in [3.05, 3.63) is 54.1 Å². The molecule has 0 fully saturated rings. The summed E-state index contributed by atoms with van der Waals surface area (Å²) in [5.74, 6) is -0.236. The van der Waals surface area contributed by atoms with E-state index in [1.165, 1.54) is 23.5 Å². The van der Waals surface area contributed by atoms with E-state index in [1.807, 2.05) is 25.1 Å². The number of fused-ring (bicyclic) bond motifs is 1. The number of hydrogen-bond acceptors (Lipinski definition) is 4. The lowest BCUT2D eigenvalue weighted by Crippen LogP contribution is -2.07. The second-order valence-electron chi connectivity index (χ2n) is 4.25. The molecule has 1 unspecified atom stereocenters. The molecular formula is C14H12FN3S. The van der Waals surface area contributed by atoms with Crippen LogP contribution < -0.4 is 5.32 Å². The van der Waals surface area contributed by atoms with Gasteiger partial charge < -0.3 is 5.32 Å². The molecule has 0 bridgehead atoms. The van der Waals surface area contributed by atoms with Gasteiger partial charge >= 0.3 is 0 Å². The molecule has 0 amide bonds. The number of hydrogen-bond donors (Lipinski definition) is 1. The lowest BCUT2D eigenvalue weighted by molar-refractivity contribution is 0.630. The molecule has 5 heteroatoms. The molecule has 2 aromatic heterocycles. The molecule has 0 aliphatic heterocycles. The van der Waals surface area contributed by atoms with E-state index in [0.29, 0.717) is 0 Å². The van der Waals surface area contributed by atoms with Gasteiger partial charge in [0, 0.05) is 6.20 Å². The minimum Gasteiger partial charge on any atom is -0.353 e. The van der Waals surface area contributed by atoms with Crippen molar-refractivity contribution in [2.75, 3.05) is 5.32 Å². The van der Waals surface area contributed by atoms with Crippen LogP contribution in [-0.4, -0.2) is 9.97 Å². The molecule has 3 aromatic rings. The van der Waals surface area contributed by atoms with Gasteiger partial charge in [-0.15, -0.1) is 0 Å². The summed E-state index contributed by atoms with van der Waals surface area (Å²) in [6, 6.07) is 10.5. The van der Waals surface area contributed by atoms with Crippen molar-refractivity contribution in [1.29, 1.82) is 0 Å². The van der Waals surface area contributed by atoms with Crippen LogP contribution in [0.1, 0.15) is 18.7 Å². The standard InChI is InChI=1S/C14H12FN3S/c1-9(11-4-2-3-7-16-11)17-14-18-12-6-5-10(15)8-13(12)19-14/h2-9H,1H3,(H,17,18). The van der Waals surface area contributed by atoms with E-state index in [1.54, 1.807) is 12.3 Å². The van der Waals surface area contributed by atoms with Crippen molar-refractivity contribution >= 4 is 26.7 Å². The molecule has 0 aliphatic rings. The van der Waals surface area contributed by atoms with Gasteiger partial charge in [0.1, 0.15) is 5.82 Å². The summed E-state index contributed by atoms with van der Waals surface area (Å²) < 4.78 is 14.0. The quantitative estimate of drug-likeness (QED) is 0.783. The lowest BCUT2D eigenvalue weighted by atomic mass is 10.2. The van der Waals surface area contributed by atoms with Gasteiger partial charge in [-0.3, -0.25) is 4.98 Å². The largest absolute Gasteiger partial charge is 0.353 e. The zero-order valence-electron chi connectivity index (χ0n) is 10.3. The third-order valence-corrected chi connectivity index (χ3v) is 3.77. The van der Waals surface area contributed by atoms with E-state index < -0.39 is 0 Å². The van der Waals surface area contributed by atoms with Crippen LogP contribution in [0.2, 0.25) is 0 Å². The Morgan fingerprint density at radius 1 is 1.26 bits per heavy atom. The normalized spacial score (nSPS) is 12.5. The Balaban J connectivity index is 1.85. The number of nitrogens with one attached hydrogen (secondary N) is 1. The van der Waals surface area contributed by atoms with Crippen LogP contribution >= 0.6 is 11.3 Å². The molecule has 0 saturated heterocycles. The van der Waals surface area contributed by atoms with E-state index in [0.717, 1.165) is 21.0 Å². The highest BCUT2D eigenvalue weighted by atomic mass is 32.1. The highest BCUT2D eigenvalue weighted by Gasteiger charge is 2.10. The highest BCUT2D eigenvalue weighted by molar-refractivity contribution is 7.22. The SMILES string of the molecule is CC(Nc1nc2ccc(F)cc2s1)c1ccccn1. The smallest absolute Gasteiger partial charge is 0.184 e. The van der Waals surface area contributed by atoms with Crippen LogP contribution in [0.3, 0.4) is 0 Å². The summed E-state index contributed by atoms with van der Waals surface area (Å²) in [4.78, 5) is 8.73. The molecule has 3 rings (SSSR count). The summed E-state index contributed by atoms with van der Waals surface area (Å²) in [6.45, 7) is 2.02. The first-order valence-corrected chi connectivity index (χ1v) is 6.77. The Bertz CT molecular complexity index is 696. The van der Waals surface area contributed by atoms with Gasteiger partial charge in [-0.1, -0.05) is 17.4 Å². The summed E-state index contributed by atoms with van der Waals surface area (Å²) in [5, 5.41) is 4.07. The molecule has 1 N–H and O–H groups in total. The van der Waals surface area contributed by atoms with E-state index in [4.69, 9.17) is 0 Å². The van der Waals surface area contributed by atoms with Gasteiger partial charge in [-0.05, 0) is 37.3 Å². The van der Waals surface area contributed by atoms with Gasteiger partial charge in [0.05, 0.1) is 22.0 Å². The second-order valence-corrected chi connectivity index (χ2v) is 5.28. The zero-order chi connectivity index (χ0) is 13.2. The Morgan fingerprint density at radius 2 is 2.16 bits per heavy atom. The van der Waals surface area contributed by atoms with Crippen molar-refractivity contribution in [3.8, 4) is 0 Å². The lowest BCUT2D eigenvalue weighted by Gasteiger charge is -2.11. The molecule has 96 valence electrons. The minimum absolute atomic E-state index is 0.0617. The van der Waals surface area contributed by atoms with E-state index in [2.05, 4.69) is 15.3 Å². The predicted molar refractivity (Wildman–Crippen MR) is 75.9 cm³/mol. The molecule has 1 atom stereocenters. The van der Waals surface area contributed by atoms with E-state index >= 15 is 0 Å². The van der Waals surface area contributed by atoms with Gasteiger partial charge in [-0.25, -0.2) is 9.37 Å². The van der Waals surface area contributed by atoms with Crippen LogP contribution in [0, 0.1) is 5.82 Å². The molecule has 19 heavy (non-hydrogen) atoms. The molecule has 0 radical (unpaired) electrons. The topological polar surface area (TPSA) is 37.8 Å². The fourth-order valence-corrected chi connectivity index (χ4v) is 2.83. The fourth-order valence-electron chi connectivity index (χ4n) is 1.85. The molecular weight excluding hydrogens is 261 g/mol. The molecule has 0 saturated carbocycles. The average molecular weight is 273 g/mol. The molecule has 1 aromatic carbocycles. The predicted octanol–water partition coefficient (Wildman–Crippen LogP) is 4.00. The Hall–Kier alpha value is -2.01. The van der Waals surface area contributed by atoms with E-state index in [-0.39, 0.29) is 11.9 Å². The second kappa shape index (κ2) is 4.93. The first-order valence-electron chi connectivity index (χ1n) is 5.96. The van der Waals surface area contributed by atoms with Crippen LogP contribution in [-0.2, 0) is 0 Å². The first kappa shape index (κ1) is 12.0. The average Bonchev–Trinajstić information content (AvgIpc) is 2.81. The zero-order valence-corrected chi connectivity index (χ0v) is 11.1. The van der Waals surface area contributed by atoms with Gasteiger partial charge in [0.15, 0.2) is 5.13 Å². The number of rotatable bonds is 3. The number of aromatic nitrogens is 2. The van der Waals surface area contributed by atoms with Crippen molar-refractivity contribution < 1.29 is 4.39 Å². The van der Waals surface area contributed by atoms with Crippen molar-refractivity contribution in [3.63, 3.8) is 0 Å². The fraction of sp³-hybridized carbons (Fsp3) is 0.143. The minimum atomic E-state index is -0.236. The van der Waals surface area contributed by atoms with Crippen LogP contribution in [0.15, 0.2) is 42.6 Å². The van der Waals surface area contributed by atoms with Gasteiger partial charge in [0.25, 0.3) is 0 Å². The van der Waals surface area contributed by atoms with Crippen LogP contribution in [0.5, 0.6) is 0 Å². The summed E-state index contributed by atoms with van der Waals surface area (Å²) in [5.41, 5.74) is 1.76. The van der Waals surface area contributed by atoms with Crippen molar-refractivity contribution in [1.82, 2.24) is 9.97 Å². The third-order valence-electron chi connectivity index (χ3n) is 2.82. The summed E-state index contributed by atoms with van der Waals surface area (Å²) in [7, 11) is 0. The Kier molecular flexibility index (Phi) is 3.13. The third kappa shape index (κ3) is 2.56. The number of benzene rings is 1. The number of pyridine rings is 1. The molecule has 0 spiro atoms. The summed E-state index contributed by atoms with van der Waals surface area (Å²) in [6.07, 6.45) is 1.77. The maximum absolute atomic E-state index is 13.1. The Morgan fingerprint density at radius 3 is 2.95 bits per heavy atom. The van der Waals surface area contributed by atoms with Crippen molar-refractivity contribution in [2.24, 2.45) is 0 Å². The number of nitrogens with zero attached hydrogens (tertiary/aromatic N) is 2. The van der Waals surface area contributed by atoms with Gasteiger partial charge in [-0.2, -0.15) is 0 Å². The molecule has 0 aliphatic carbocycles.